The topological polar surface area (TPSA) is 37.6 Å². The lowest BCUT2D eigenvalue weighted by Crippen LogP contribution is -1.92. The number of benzene rings is 2. The number of hydrogen-bond donors (Lipinski definition) is 0. The van der Waals surface area contributed by atoms with Crippen molar-refractivity contribution < 1.29 is 0 Å². The standard InChI is InChI=1S/C19H15N3/c1-3-8-16(9-4-1)20-14-18-12-7-13-19(22-18)15-21-17-10-5-2-6-11-17/h1-15H/b20-14+,21-15+. The average molecular weight is 285 g/mol. The van der Waals surface area contributed by atoms with Crippen LogP contribution >= 0.6 is 0 Å². The summed E-state index contributed by atoms with van der Waals surface area (Å²) in [6.45, 7) is 0. The predicted molar refractivity (Wildman–Crippen MR) is 91.6 cm³/mol. The maximum Gasteiger partial charge on any atom is 0.0820 e. The summed E-state index contributed by atoms with van der Waals surface area (Å²) in [5, 5.41) is 0. The summed E-state index contributed by atoms with van der Waals surface area (Å²) in [4.78, 5) is 13.3. The first-order chi connectivity index (χ1) is 10.9. The van der Waals surface area contributed by atoms with Crippen molar-refractivity contribution in [3.63, 3.8) is 0 Å². The third-order valence-electron chi connectivity index (χ3n) is 3.00. The third-order valence-corrected chi connectivity index (χ3v) is 3.00. The van der Waals surface area contributed by atoms with E-state index in [-0.39, 0.29) is 0 Å². The Kier molecular flexibility index (Phi) is 4.47. The molecule has 0 fully saturated rings. The molecule has 0 bridgehead atoms. The van der Waals surface area contributed by atoms with Crippen LogP contribution in [-0.2, 0) is 0 Å². The van der Waals surface area contributed by atoms with Gasteiger partial charge in [-0.2, -0.15) is 0 Å². The number of rotatable bonds is 4. The van der Waals surface area contributed by atoms with Gasteiger partial charge < -0.3 is 0 Å². The molecular formula is C19H15N3. The Hall–Kier alpha value is -3.07. The van der Waals surface area contributed by atoms with E-state index < -0.39 is 0 Å². The lowest BCUT2D eigenvalue weighted by Gasteiger charge is -1.96. The molecule has 0 unspecified atom stereocenters. The molecule has 22 heavy (non-hydrogen) atoms. The summed E-state index contributed by atoms with van der Waals surface area (Å²) in [5.41, 5.74) is 3.43. The van der Waals surface area contributed by atoms with Gasteiger partial charge in [-0.05, 0) is 36.4 Å². The molecule has 0 saturated carbocycles. The molecule has 3 aromatic rings. The minimum Gasteiger partial charge on any atom is -0.255 e. The number of aliphatic imine (C=N–C) groups is 2. The summed E-state index contributed by atoms with van der Waals surface area (Å²) >= 11 is 0. The maximum atomic E-state index is 4.50. The largest absolute Gasteiger partial charge is 0.255 e. The smallest absolute Gasteiger partial charge is 0.0820 e. The van der Waals surface area contributed by atoms with Crippen LogP contribution in [0, 0.1) is 0 Å². The maximum absolute atomic E-state index is 4.50. The number of pyridine rings is 1. The minimum absolute atomic E-state index is 0.806. The molecule has 0 radical (unpaired) electrons. The van der Waals surface area contributed by atoms with Gasteiger partial charge in [0.05, 0.1) is 35.2 Å². The number of aromatic nitrogens is 1. The fraction of sp³-hybridized carbons (Fsp3) is 0. The third kappa shape index (κ3) is 3.96. The first-order valence-electron chi connectivity index (χ1n) is 7.05. The van der Waals surface area contributed by atoms with E-state index in [0.717, 1.165) is 22.8 Å². The molecule has 0 atom stereocenters. The Balaban J connectivity index is 1.75. The molecule has 0 aliphatic carbocycles. The van der Waals surface area contributed by atoms with Crippen LogP contribution in [0.25, 0.3) is 0 Å². The number of para-hydroxylation sites is 2. The van der Waals surface area contributed by atoms with Crippen molar-refractivity contribution in [1.29, 1.82) is 0 Å². The molecule has 106 valence electrons. The van der Waals surface area contributed by atoms with Crippen LogP contribution in [0.15, 0.2) is 88.8 Å². The van der Waals surface area contributed by atoms with Crippen molar-refractivity contribution in [2.45, 2.75) is 0 Å². The zero-order valence-electron chi connectivity index (χ0n) is 12.0. The highest BCUT2D eigenvalue weighted by atomic mass is 14.8. The van der Waals surface area contributed by atoms with Gasteiger partial charge in [0.2, 0.25) is 0 Å². The first kappa shape index (κ1) is 13.9. The van der Waals surface area contributed by atoms with Crippen molar-refractivity contribution in [3.8, 4) is 0 Å². The van der Waals surface area contributed by atoms with Gasteiger partial charge in [0, 0.05) is 0 Å². The van der Waals surface area contributed by atoms with Gasteiger partial charge in [0.1, 0.15) is 0 Å². The van der Waals surface area contributed by atoms with E-state index in [1.54, 1.807) is 12.4 Å². The second-order valence-corrected chi connectivity index (χ2v) is 4.67. The van der Waals surface area contributed by atoms with E-state index in [4.69, 9.17) is 0 Å². The summed E-state index contributed by atoms with van der Waals surface area (Å²) in [6.07, 6.45) is 3.52. The summed E-state index contributed by atoms with van der Waals surface area (Å²) in [6, 6.07) is 25.4. The van der Waals surface area contributed by atoms with Gasteiger partial charge in [0.25, 0.3) is 0 Å². The Bertz CT molecular complexity index is 713. The van der Waals surface area contributed by atoms with Crippen molar-refractivity contribution in [2.24, 2.45) is 9.98 Å². The van der Waals surface area contributed by atoms with E-state index >= 15 is 0 Å². The highest BCUT2D eigenvalue weighted by molar-refractivity contribution is 5.84. The molecular weight excluding hydrogens is 270 g/mol. The normalized spacial score (nSPS) is 11.3. The van der Waals surface area contributed by atoms with Crippen LogP contribution < -0.4 is 0 Å². The van der Waals surface area contributed by atoms with Gasteiger partial charge >= 0.3 is 0 Å². The lowest BCUT2D eigenvalue weighted by atomic mass is 10.3. The molecule has 3 rings (SSSR count). The van der Waals surface area contributed by atoms with E-state index in [1.165, 1.54) is 0 Å². The van der Waals surface area contributed by atoms with Gasteiger partial charge in [0.15, 0.2) is 0 Å². The van der Waals surface area contributed by atoms with E-state index in [0.29, 0.717) is 0 Å². The van der Waals surface area contributed by atoms with E-state index in [9.17, 15) is 0 Å². The Morgan fingerprint density at radius 2 is 1.00 bits per heavy atom. The molecule has 1 aromatic heterocycles. The highest BCUT2D eigenvalue weighted by Crippen LogP contribution is 2.10. The van der Waals surface area contributed by atoms with Crippen molar-refractivity contribution in [3.05, 3.63) is 90.3 Å². The van der Waals surface area contributed by atoms with Gasteiger partial charge in [-0.15, -0.1) is 0 Å². The number of nitrogens with zero attached hydrogens (tertiary/aromatic N) is 3. The fourth-order valence-corrected chi connectivity index (χ4v) is 1.92. The summed E-state index contributed by atoms with van der Waals surface area (Å²) < 4.78 is 0. The Labute approximate surface area is 129 Å². The van der Waals surface area contributed by atoms with Crippen LogP contribution in [0.3, 0.4) is 0 Å². The Morgan fingerprint density at radius 3 is 1.45 bits per heavy atom. The zero-order chi connectivity index (χ0) is 15.0. The van der Waals surface area contributed by atoms with Crippen LogP contribution in [-0.4, -0.2) is 17.4 Å². The summed E-state index contributed by atoms with van der Waals surface area (Å²) in [5.74, 6) is 0. The average Bonchev–Trinajstić information content (AvgIpc) is 2.60. The highest BCUT2D eigenvalue weighted by Gasteiger charge is 1.94. The first-order valence-corrected chi connectivity index (χ1v) is 7.05. The molecule has 0 amide bonds. The molecule has 3 heteroatoms. The lowest BCUT2D eigenvalue weighted by molar-refractivity contribution is 1.27. The van der Waals surface area contributed by atoms with Gasteiger partial charge in [-0.3, -0.25) is 9.98 Å². The second-order valence-electron chi connectivity index (χ2n) is 4.67. The molecule has 0 saturated heterocycles. The van der Waals surface area contributed by atoms with Crippen LogP contribution in [0.4, 0.5) is 11.4 Å². The molecule has 3 nitrogen and oxygen atoms in total. The molecule has 2 aromatic carbocycles. The molecule has 1 heterocycles. The van der Waals surface area contributed by atoms with Gasteiger partial charge in [-0.1, -0.05) is 42.5 Å². The molecule has 0 aliphatic heterocycles. The van der Waals surface area contributed by atoms with Crippen LogP contribution in [0.2, 0.25) is 0 Å². The monoisotopic (exact) mass is 285 g/mol. The van der Waals surface area contributed by atoms with Crippen LogP contribution in [0.5, 0.6) is 0 Å². The minimum atomic E-state index is 0.806. The van der Waals surface area contributed by atoms with Crippen LogP contribution in [0.1, 0.15) is 11.4 Å². The van der Waals surface area contributed by atoms with E-state index in [2.05, 4.69) is 15.0 Å². The van der Waals surface area contributed by atoms with Crippen molar-refractivity contribution in [1.82, 2.24) is 4.98 Å². The molecule has 0 aliphatic rings. The predicted octanol–water partition coefficient (Wildman–Crippen LogP) is 4.58. The number of hydrogen-bond acceptors (Lipinski definition) is 3. The second kappa shape index (κ2) is 7.09. The molecule has 0 N–H and O–H groups in total. The quantitative estimate of drug-likeness (QED) is 0.646. The van der Waals surface area contributed by atoms with Crippen molar-refractivity contribution in [2.75, 3.05) is 0 Å². The van der Waals surface area contributed by atoms with Gasteiger partial charge in [-0.25, -0.2) is 4.98 Å². The summed E-state index contributed by atoms with van der Waals surface area (Å²) in [7, 11) is 0. The fourth-order valence-electron chi connectivity index (χ4n) is 1.92. The zero-order valence-corrected chi connectivity index (χ0v) is 12.0. The SMILES string of the molecule is C(=N\c1ccccc1)/c1cccc(/C=N/c2ccccc2)n1. The van der Waals surface area contributed by atoms with Crippen molar-refractivity contribution >= 4 is 23.8 Å². The Morgan fingerprint density at radius 1 is 0.545 bits per heavy atom. The van der Waals surface area contributed by atoms with E-state index in [1.807, 2.05) is 78.9 Å². The molecule has 0 spiro atoms.